The number of allylic oxidation sites excluding steroid dienone is 8. The normalized spacial score (nSPS) is 13.0. The highest BCUT2D eigenvalue weighted by Crippen LogP contribution is 2.19. The van der Waals surface area contributed by atoms with Crippen molar-refractivity contribution in [1.82, 2.24) is 0 Å². The SMILES string of the molecule is CC/C=C\C/C=C\C/C=C\C/C=C\CCCCCCCCCCCCCCCCCCCCCCC(=O)OC(COC(=O)CCCCCCCCCCCCCCCCCCCCCCCC)COC(OCC[N+](C)(C)C)C(=O)[O-]. The summed E-state index contributed by atoms with van der Waals surface area (Å²) in [5.41, 5.74) is 0. The van der Waals surface area contributed by atoms with Gasteiger partial charge in [-0.05, 0) is 51.4 Å². The third-order valence-corrected chi connectivity index (χ3v) is 15.3. The molecule has 0 aliphatic heterocycles. The molecule has 0 saturated carbocycles. The van der Waals surface area contributed by atoms with Gasteiger partial charge in [-0.1, -0.05) is 313 Å². The van der Waals surface area contributed by atoms with Crippen LogP contribution in [0.3, 0.4) is 0 Å². The van der Waals surface area contributed by atoms with Crippen molar-refractivity contribution in [2.24, 2.45) is 0 Å². The zero-order valence-corrected chi connectivity index (χ0v) is 53.5. The van der Waals surface area contributed by atoms with Crippen molar-refractivity contribution in [1.29, 1.82) is 0 Å². The Morgan fingerprint density at radius 3 is 1.06 bits per heavy atom. The molecule has 0 saturated heterocycles. The van der Waals surface area contributed by atoms with Crippen molar-refractivity contribution in [3.8, 4) is 0 Å². The molecule has 0 heterocycles. The van der Waals surface area contributed by atoms with E-state index in [1.807, 2.05) is 21.1 Å². The number of nitrogens with zero attached hydrogens (tertiary/aromatic N) is 1. The number of unbranched alkanes of at least 4 members (excludes halogenated alkanes) is 41. The summed E-state index contributed by atoms with van der Waals surface area (Å²) in [6.07, 6.45) is 76.2. The molecule has 0 amide bonds. The minimum absolute atomic E-state index is 0.150. The summed E-state index contributed by atoms with van der Waals surface area (Å²) in [4.78, 5) is 37.4. The summed E-state index contributed by atoms with van der Waals surface area (Å²) in [5.74, 6) is -2.26. The molecule has 9 heteroatoms. The molecule has 0 aliphatic rings. The van der Waals surface area contributed by atoms with Crippen molar-refractivity contribution in [3.05, 3.63) is 48.6 Å². The molecule has 0 aromatic rings. The fourth-order valence-corrected chi connectivity index (χ4v) is 10.1. The molecule has 0 rings (SSSR count). The first-order valence-electron chi connectivity index (χ1n) is 34.3. The molecule has 0 fully saturated rings. The largest absolute Gasteiger partial charge is 0.545 e. The lowest BCUT2D eigenvalue weighted by molar-refractivity contribution is -0.870. The molecule has 0 N–H and O–H groups in total. The van der Waals surface area contributed by atoms with Crippen LogP contribution >= 0.6 is 0 Å². The van der Waals surface area contributed by atoms with Gasteiger partial charge in [0.25, 0.3) is 0 Å². The van der Waals surface area contributed by atoms with E-state index < -0.39 is 24.3 Å². The summed E-state index contributed by atoms with van der Waals surface area (Å²) < 4.78 is 22.8. The third kappa shape index (κ3) is 62.8. The summed E-state index contributed by atoms with van der Waals surface area (Å²) in [5, 5.41) is 11.8. The smallest absolute Gasteiger partial charge is 0.306 e. The van der Waals surface area contributed by atoms with Crippen molar-refractivity contribution in [2.45, 2.75) is 341 Å². The van der Waals surface area contributed by atoms with Crippen LogP contribution in [0.2, 0.25) is 0 Å². The Labute approximate surface area is 495 Å². The van der Waals surface area contributed by atoms with Crippen molar-refractivity contribution in [3.63, 3.8) is 0 Å². The van der Waals surface area contributed by atoms with Crippen molar-refractivity contribution >= 4 is 17.9 Å². The first kappa shape index (κ1) is 77.2. The summed E-state index contributed by atoms with van der Waals surface area (Å²) in [7, 11) is 5.94. The van der Waals surface area contributed by atoms with Gasteiger partial charge in [0.15, 0.2) is 12.4 Å². The number of carboxylic acid groups (broad SMARTS) is 1. The van der Waals surface area contributed by atoms with Crippen LogP contribution in [0.4, 0.5) is 0 Å². The zero-order valence-electron chi connectivity index (χ0n) is 53.5. The Kier molecular flexibility index (Phi) is 60.2. The number of carbonyl (C=O) groups is 3. The van der Waals surface area contributed by atoms with Gasteiger partial charge >= 0.3 is 11.9 Å². The topological polar surface area (TPSA) is 111 Å². The van der Waals surface area contributed by atoms with E-state index in [0.29, 0.717) is 17.4 Å². The fourth-order valence-electron chi connectivity index (χ4n) is 10.1. The fraction of sp³-hybridized carbons (Fsp3) is 0.845. The highest BCUT2D eigenvalue weighted by molar-refractivity contribution is 5.70. The summed E-state index contributed by atoms with van der Waals surface area (Å²) >= 11 is 0. The predicted molar refractivity (Wildman–Crippen MR) is 339 cm³/mol. The lowest BCUT2D eigenvalue weighted by atomic mass is 10.0. The van der Waals surface area contributed by atoms with Crippen LogP contribution in [0.15, 0.2) is 48.6 Å². The van der Waals surface area contributed by atoms with Crippen LogP contribution in [0, 0.1) is 0 Å². The van der Waals surface area contributed by atoms with Crippen molar-refractivity contribution < 1.29 is 42.9 Å². The number of esters is 2. The van der Waals surface area contributed by atoms with E-state index in [1.165, 1.54) is 238 Å². The van der Waals surface area contributed by atoms with Crippen LogP contribution in [-0.4, -0.2) is 82.3 Å². The average Bonchev–Trinajstić information content (AvgIpc) is 3.43. The van der Waals surface area contributed by atoms with Gasteiger partial charge in [0.2, 0.25) is 0 Å². The Bertz CT molecular complexity index is 1450. The third-order valence-electron chi connectivity index (χ3n) is 15.3. The van der Waals surface area contributed by atoms with Gasteiger partial charge < -0.3 is 33.3 Å². The first-order chi connectivity index (χ1) is 39.1. The average molecular weight is 1130 g/mol. The number of quaternary nitrogens is 1. The van der Waals surface area contributed by atoms with Crippen LogP contribution in [-0.2, 0) is 33.3 Å². The highest BCUT2D eigenvalue weighted by atomic mass is 16.7. The molecule has 0 aromatic carbocycles. The maximum absolute atomic E-state index is 12.9. The van der Waals surface area contributed by atoms with Crippen LogP contribution < -0.4 is 5.11 Å². The summed E-state index contributed by atoms with van der Waals surface area (Å²) in [6.45, 7) is 4.70. The second kappa shape index (κ2) is 62.3. The van der Waals surface area contributed by atoms with E-state index in [1.54, 1.807) is 0 Å². The van der Waals surface area contributed by atoms with E-state index in [9.17, 15) is 19.5 Å². The van der Waals surface area contributed by atoms with Crippen molar-refractivity contribution in [2.75, 3.05) is 47.5 Å². The minimum Gasteiger partial charge on any atom is -0.545 e. The number of ether oxygens (including phenoxy) is 4. The van der Waals surface area contributed by atoms with E-state index in [0.717, 1.165) is 64.2 Å². The standard InChI is InChI=1S/C71H131NO8/c1-6-8-10-12-14-16-18-20-22-24-26-28-30-31-32-33-34-35-36-37-38-39-40-42-44-46-48-50-52-54-56-58-60-62-69(74)80-67(66-79-71(70(75)76)77-64-63-72(3,4)5)65-78-68(73)61-59-57-55-53-51-49-47-45-43-41-29-27-25-23-21-19-17-15-13-11-9-7-2/h8,10,14,16,20,22,26,28,67,71H,6-7,9,11-13,15,17-19,21,23-25,27,29-66H2,1-5H3/b10-8-,16-14-,22-20-,28-26-. The van der Waals surface area contributed by atoms with E-state index in [2.05, 4.69) is 62.5 Å². The van der Waals surface area contributed by atoms with E-state index in [-0.39, 0.29) is 32.2 Å². The number of carboxylic acids is 1. The number of rotatable bonds is 64. The molecular weight excluding hydrogens is 995 g/mol. The second-order valence-electron chi connectivity index (χ2n) is 24.4. The molecular formula is C71H131NO8. The Hall–Kier alpha value is -2.75. The van der Waals surface area contributed by atoms with Gasteiger partial charge in [-0.3, -0.25) is 9.59 Å². The van der Waals surface area contributed by atoms with Gasteiger partial charge in [-0.15, -0.1) is 0 Å². The van der Waals surface area contributed by atoms with Gasteiger partial charge in [0.05, 0.1) is 40.3 Å². The maximum atomic E-state index is 12.9. The molecule has 468 valence electrons. The second-order valence-corrected chi connectivity index (χ2v) is 24.4. The molecule has 9 nitrogen and oxygen atoms in total. The highest BCUT2D eigenvalue weighted by Gasteiger charge is 2.22. The van der Waals surface area contributed by atoms with Crippen LogP contribution in [0.5, 0.6) is 0 Å². The molecule has 0 spiro atoms. The van der Waals surface area contributed by atoms with Gasteiger partial charge in [0.1, 0.15) is 13.2 Å². The van der Waals surface area contributed by atoms with E-state index in [4.69, 9.17) is 18.9 Å². The summed E-state index contributed by atoms with van der Waals surface area (Å²) in [6, 6.07) is 0. The predicted octanol–water partition coefficient (Wildman–Crippen LogP) is 19.6. The number of aliphatic carboxylic acids is 1. The molecule has 2 atom stereocenters. The number of hydrogen-bond donors (Lipinski definition) is 0. The van der Waals surface area contributed by atoms with Gasteiger partial charge in [0, 0.05) is 12.8 Å². The Morgan fingerprint density at radius 2 is 0.713 bits per heavy atom. The van der Waals surface area contributed by atoms with E-state index >= 15 is 0 Å². The van der Waals surface area contributed by atoms with Gasteiger partial charge in [-0.2, -0.15) is 0 Å². The molecule has 80 heavy (non-hydrogen) atoms. The molecule has 0 aromatic heterocycles. The number of likely N-dealkylation sites (N-methyl/N-ethyl adjacent to an activating group) is 1. The van der Waals surface area contributed by atoms with Gasteiger partial charge in [-0.25, -0.2) is 0 Å². The number of carbonyl (C=O) groups excluding carboxylic acids is 3. The minimum atomic E-state index is -1.62. The number of hydrogen-bond acceptors (Lipinski definition) is 8. The lowest BCUT2D eigenvalue weighted by Gasteiger charge is -2.26. The zero-order chi connectivity index (χ0) is 58.3. The van der Waals surface area contributed by atoms with Crippen LogP contribution in [0.25, 0.3) is 0 Å². The molecule has 2 unspecified atom stereocenters. The quantitative estimate of drug-likeness (QED) is 0.0195. The molecule has 0 bridgehead atoms. The van der Waals surface area contributed by atoms with Crippen LogP contribution in [0.1, 0.15) is 328 Å². The Balaban J connectivity index is 4.06. The molecule has 0 radical (unpaired) electrons. The first-order valence-corrected chi connectivity index (χ1v) is 34.3. The Morgan fingerprint density at radius 1 is 0.388 bits per heavy atom. The lowest BCUT2D eigenvalue weighted by Crippen LogP contribution is -2.44. The maximum Gasteiger partial charge on any atom is 0.306 e. The monoisotopic (exact) mass is 1130 g/mol. The molecule has 0 aliphatic carbocycles.